The standard InChI is InChI=1S/C31H30N2O3/c34-30(35)14-8-7-13-28-27(23-11-5-2-6-12-23)19-24-15-16-25(20-29(24)32-28)31(36)33-18-17-26(21-33)22-9-3-1-4-10-22/h1-6,9-12,15-16,19-20,26H,7-8,13-14,17-18,21H2,(H,34,35)/t26-/m1/s1. The van der Waals surface area contributed by atoms with Crippen molar-refractivity contribution >= 4 is 22.8 Å². The number of unbranched alkanes of at least 4 members (excludes halogenated alkanes) is 1. The van der Waals surface area contributed by atoms with Gasteiger partial charge in [-0.1, -0.05) is 66.7 Å². The van der Waals surface area contributed by atoms with Crippen LogP contribution in [0.1, 0.15) is 53.2 Å². The monoisotopic (exact) mass is 478 g/mol. The largest absolute Gasteiger partial charge is 0.481 e. The number of carboxylic acid groups (broad SMARTS) is 1. The smallest absolute Gasteiger partial charge is 0.303 e. The number of carboxylic acids is 1. The number of hydrogen-bond donors (Lipinski definition) is 1. The van der Waals surface area contributed by atoms with Gasteiger partial charge in [0.2, 0.25) is 0 Å². The molecule has 4 aromatic rings. The Kier molecular flexibility index (Phi) is 7.08. The summed E-state index contributed by atoms with van der Waals surface area (Å²) in [5, 5.41) is 9.98. The van der Waals surface area contributed by atoms with E-state index in [2.05, 4.69) is 42.5 Å². The molecule has 1 aliphatic heterocycles. The number of likely N-dealkylation sites (tertiary alicyclic amines) is 1. The lowest BCUT2D eigenvalue weighted by molar-refractivity contribution is -0.137. The number of pyridine rings is 1. The molecule has 0 spiro atoms. The molecule has 1 saturated heterocycles. The van der Waals surface area contributed by atoms with Crippen LogP contribution in [0.3, 0.4) is 0 Å². The van der Waals surface area contributed by atoms with Gasteiger partial charge in [0, 0.05) is 47.6 Å². The molecule has 1 aliphatic rings. The molecule has 182 valence electrons. The number of carbonyl (C=O) groups is 2. The molecular formula is C31H30N2O3. The van der Waals surface area contributed by atoms with Crippen LogP contribution in [0.4, 0.5) is 0 Å². The summed E-state index contributed by atoms with van der Waals surface area (Å²) in [7, 11) is 0. The molecule has 1 aromatic heterocycles. The Bertz CT molecular complexity index is 1370. The number of benzene rings is 3. The number of nitrogens with zero attached hydrogens (tertiary/aromatic N) is 2. The zero-order valence-corrected chi connectivity index (χ0v) is 20.3. The van der Waals surface area contributed by atoms with Gasteiger partial charge in [0.15, 0.2) is 0 Å². The minimum Gasteiger partial charge on any atom is -0.481 e. The van der Waals surface area contributed by atoms with E-state index >= 15 is 0 Å². The normalized spacial score (nSPS) is 15.3. The fourth-order valence-corrected chi connectivity index (χ4v) is 5.09. The van der Waals surface area contributed by atoms with Crippen LogP contribution < -0.4 is 0 Å². The van der Waals surface area contributed by atoms with Crippen LogP contribution in [0, 0.1) is 0 Å². The fraction of sp³-hybridized carbons (Fsp3) is 0.258. The van der Waals surface area contributed by atoms with Gasteiger partial charge >= 0.3 is 5.97 Å². The molecule has 1 fully saturated rings. The summed E-state index contributed by atoms with van der Waals surface area (Å²) in [6.07, 6.45) is 3.18. The number of rotatable bonds is 8. The van der Waals surface area contributed by atoms with Crippen molar-refractivity contribution in [3.63, 3.8) is 0 Å². The van der Waals surface area contributed by atoms with Crippen LogP contribution in [-0.2, 0) is 11.2 Å². The van der Waals surface area contributed by atoms with Crippen LogP contribution in [-0.4, -0.2) is 40.0 Å². The predicted molar refractivity (Wildman–Crippen MR) is 142 cm³/mol. The Hall–Kier alpha value is -3.99. The van der Waals surface area contributed by atoms with Gasteiger partial charge in [-0.05, 0) is 55.0 Å². The molecule has 0 radical (unpaired) electrons. The van der Waals surface area contributed by atoms with Crippen LogP contribution in [0.5, 0.6) is 0 Å². The second-order valence-electron chi connectivity index (χ2n) is 9.50. The summed E-state index contributed by atoms with van der Waals surface area (Å²) < 4.78 is 0. The number of aromatic nitrogens is 1. The number of carbonyl (C=O) groups excluding carboxylic acids is 1. The topological polar surface area (TPSA) is 70.5 Å². The van der Waals surface area contributed by atoms with Crippen molar-refractivity contribution in [2.75, 3.05) is 13.1 Å². The van der Waals surface area contributed by atoms with E-state index in [1.54, 1.807) is 0 Å². The molecule has 1 amide bonds. The molecule has 0 unspecified atom stereocenters. The molecule has 5 rings (SSSR count). The lowest BCUT2D eigenvalue weighted by Crippen LogP contribution is -2.28. The van der Waals surface area contributed by atoms with E-state index in [0.29, 0.717) is 24.3 Å². The van der Waals surface area contributed by atoms with E-state index in [1.165, 1.54) is 5.56 Å². The molecule has 1 N–H and O–H groups in total. The third kappa shape index (κ3) is 5.30. The maximum atomic E-state index is 13.4. The summed E-state index contributed by atoms with van der Waals surface area (Å²) in [6, 6.07) is 28.5. The zero-order chi connectivity index (χ0) is 24.9. The first-order valence-electron chi connectivity index (χ1n) is 12.6. The summed E-state index contributed by atoms with van der Waals surface area (Å²) in [4.78, 5) is 31.2. The predicted octanol–water partition coefficient (Wildman–Crippen LogP) is 6.33. The Morgan fingerprint density at radius 1 is 0.917 bits per heavy atom. The quantitative estimate of drug-likeness (QED) is 0.301. The second kappa shape index (κ2) is 10.7. The van der Waals surface area contributed by atoms with Crippen molar-refractivity contribution in [3.05, 3.63) is 102 Å². The van der Waals surface area contributed by atoms with Gasteiger partial charge in [0.25, 0.3) is 5.91 Å². The van der Waals surface area contributed by atoms with Crippen molar-refractivity contribution in [1.82, 2.24) is 9.88 Å². The number of amides is 1. The van der Waals surface area contributed by atoms with Gasteiger partial charge in [0.1, 0.15) is 0 Å². The van der Waals surface area contributed by atoms with Crippen molar-refractivity contribution < 1.29 is 14.7 Å². The third-order valence-corrected chi connectivity index (χ3v) is 7.03. The van der Waals surface area contributed by atoms with E-state index in [4.69, 9.17) is 10.1 Å². The van der Waals surface area contributed by atoms with Gasteiger partial charge in [0.05, 0.1) is 5.52 Å². The van der Waals surface area contributed by atoms with Gasteiger partial charge in [-0.3, -0.25) is 14.6 Å². The van der Waals surface area contributed by atoms with Crippen LogP contribution in [0.15, 0.2) is 84.9 Å². The van der Waals surface area contributed by atoms with Crippen molar-refractivity contribution in [2.24, 2.45) is 0 Å². The van der Waals surface area contributed by atoms with Crippen molar-refractivity contribution in [1.29, 1.82) is 0 Å². The fourth-order valence-electron chi connectivity index (χ4n) is 5.09. The average molecular weight is 479 g/mol. The van der Waals surface area contributed by atoms with E-state index in [1.807, 2.05) is 47.4 Å². The molecule has 1 atom stereocenters. The van der Waals surface area contributed by atoms with Crippen LogP contribution >= 0.6 is 0 Å². The molecule has 36 heavy (non-hydrogen) atoms. The third-order valence-electron chi connectivity index (χ3n) is 7.03. The number of aliphatic carboxylic acids is 1. The first kappa shape index (κ1) is 23.7. The zero-order valence-electron chi connectivity index (χ0n) is 20.3. The minimum absolute atomic E-state index is 0.0484. The highest BCUT2D eigenvalue weighted by Crippen LogP contribution is 2.30. The summed E-state index contributed by atoms with van der Waals surface area (Å²) in [6.45, 7) is 1.49. The second-order valence-corrected chi connectivity index (χ2v) is 9.50. The molecule has 0 saturated carbocycles. The van der Waals surface area contributed by atoms with E-state index < -0.39 is 5.97 Å². The first-order valence-corrected chi connectivity index (χ1v) is 12.6. The molecule has 0 aliphatic carbocycles. The summed E-state index contributed by atoms with van der Waals surface area (Å²) in [5.41, 5.74) is 5.83. The van der Waals surface area contributed by atoms with Crippen LogP contribution in [0.25, 0.3) is 22.0 Å². The van der Waals surface area contributed by atoms with E-state index in [0.717, 1.165) is 53.7 Å². The Morgan fingerprint density at radius 2 is 1.67 bits per heavy atom. The Labute approximate surface area is 211 Å². The first-order chi connectivity index (χ1) is 17.6. The highest BCUT2D eigenvalue weighted by Gasteiger charge is 2.28. The lowest BCUT2D eigenvalue weighted by atomic mass is 9.97. The van der Waals surface area contributed by atoms with Crippen molar-refractivity contribution in [3.8, 4) is 11.1 Å². The number of hydrogen-bond acceptors (Lipinski definition) is 3. The summed E-state index contributed by atoms with van der Waals surface area (Å²) in [5.74, 6) is -0.351. The number of aryl methyl sites for hydroxylation is 1. The highest BCUT2D eigenvalue weighted by atomic mass is 16.4. The highest BCUT2D eigenvalue weighted by molar-refractivity contribution is 5.98. The Balaban J connectivity index is 1.40. The van der Waals surface area contributed by atoms with Gasteiger partial charge in [-0.25, -0.2) is 0 Å². The van der Waals surface area contributed by atoms with Crippen molar-refractivity contribution in [2.45, 2.75) is 38.0 Å². The molecule has 5 nitrogen and oxygen atoms in total. The molecule has 2 heterocycles. The van der Waals surface area contributed by atoms with Gasteiger partial charge < -0.3 is 10.0 Å². The summed E-state index contributed by atoms with van der Waals surface area (Å²) >= 11 is 0. The molecule has 3 aromatic carbocycles. The minimum atomic E-state index is -0.774. The average Bonchev–Trinajstić information content (AvgIpc) is 3.41. The Morgan fingerprint density at radius 3 is 2.42 bits per heavy atom. The van der Waals surface area contributed by atoms with Gasteiger partial charge in [-0.15, -0.1) is 0 Å². The maximum absolute atomic E-state index is 13.4. The van der Waals surface area contributed by atoms with E-state index in [9.17, 15) is 9.59 Å². The lowest BCUT2D eigenvalue weighted by Gasteiger charge is -2.17. The van der Waals surface area contributed by atoms with Crippen LogP contribution in [0.2, 0.25) is 0 Å². The SMILES string of the molecule is O=C(O)CCCCc1nc2cc(C(=O)N3CC[C@@H](c4ccccc4)C3)ccc2cc1-c1ccccc1. The maximum Gasteiger partial charge on any atom is 0.303 e. The molecule has 0 bridgehead atoms. The molecular weight excluding hydrogens is 448 g/mol. The van der Waals surface area contributed by atoms with E-state index in [-0.39, 0.29) is 12.3 Å². The van der Waals surface area contributed by atoms with Gasteiger partial charge in [-0.2, -0.15) is 0 Å². The molecule has 5 heteroatoms. The number of fused-ring (bicyclic) bond motifs is 1.